The van der Waals surface area contributed by atoms with Gasteiger partial charge in [-0.15, -0.1) is 0 Å². The minimum atomic E-state index is 0.0503. The summed E-state index contributed by atoms with van der Waals surface area (Å²) in [6.07, 6.45) is 1.82. The second kappa shape index (κ2) is 6.04. The fourth-order valence-electron chi connectivity index (χ4n) is 3.07. The highest BCUT2D eigenvalue weighted by molar-refractivity contribution is 5.87. The summed E-state index contributed by atoms with van der Waals surface area (Å²) in [5.41, 5.74) is 5.00. The van der Waals surface area contributed by atoms with Crippen molar-refractivity contribution < 1.29 is 9.15 Å². The highest BCUT2D eigenvalue weighted by Crippen LogP contribution is 2.27. The van der Waals surface area contributed by atoms with Crippen molar-refractivity contribution in [2.45, 2.75) is 32.4 Å². The van der Waals surface area contributed by atoms with Crippen molar-refractivity contribution in [3.05, 3.63) is 41.8 Å². The SMILES string of the molecule is CCC1OCNN=C1N1CCc2nc(-c3ccccc3)oc2C1. The lowest BCUT2D eigenvalue weighted by molar-refractivity contribution is 0.0561. The normalized spacial score (nSPS) is 20.7. The van der Waals surface area contributed by atoms with Gasteiger partial charge in [-0.1, -0.05) is 25.1 Å². The molecule has 0 bridgehead atoms. The topological polar surface area (TPSA) is 62.9 Å². The highest BCUT2D eigenvalue weighted by Gasteiger charge is 2.30. The molecule has 4 rings (SSSR count). The van der Waals surface area contributed by atoms with E-state index in [2.05, 4.69) is 27.3 Å². The Kier molecular flexibility index (Phi) is 3.75. The Morgan fingerprint density at radius 2 is 2.17 bits per heavy atom. The zero-order valence-electron chi connectivity index (χ0n) is 13.2. The molecule has 1 aromatic carbocycles. The van der Waals surface area contributed by atoms with Gasteiger partial charge < -0.3 is 14.1 Å². The van der Waals surface area contributed by atoms with Gasteiger partial charge in [-0.3, -0.25) is 5.43 Å². The predicted molar refractivity (Wildman–Crippen MR) is 86.7 cm³/mol. The molecule has 0 fully saturated rings. The molecule has 1 unspecified atom stereocenters. The van der Waals surface area contributed by atoms with Gasteiger partial charge >= 0.3 is 0 Å². The molecular formula is C17H20N4O2. The van der Waals surface area contributed by atoms with Gasteiger partial charge in [0.1, 0.15) is 18.6 Å². The molecule has 1 N–H and O–H groups in total. The lowest BCUT2D eigenvalue weighted by Crippen LogP contribution is -2.47. The molecule has 120 valence electrons. The lowest BCUT2D eigenvalue weighted by atomic mass is 10.1. The number of hydrogen-bond donors (Lipinski definition) is 1. The molecule has 6 heteroatoms. The van der Waals surface area contributed by atoms with E-state index in [1.54, 1.807) is 0 Å². The first-order chi connectivity index (χ1) is 11.3. The number of ether oxygens (including phenoxy) is 1. The molecule has 2 aliphatic heterocycles. The number of nitrogens with one attached hydrogen (secondary N) is 1. The molecule has 1 aromatic heterocycles. The average Bonchev–Trinajstić information content (AvgIpc) is 3.05. The van der Waals surface area contributed by atoms with Crippen LogP contribution in [0.3, 0.4) is 0 Å². The first kappa shape index (κ1) is 14.3. The Hall–Kier alpha value is -2.34. The number of rotatable bonds is 2. The quantitative estimate of drug-likeness (QED) is 0.922. The van der Waals surface area contributed by atoms with Crippen molar-refractivity contribution >= 4 is 5.84 Å². The number of amidine groups is 1. The largest absolute Gasteiger partial charge is 0.439 e. The van der Waals surface area contributed by atoms with Crippen molar-refractivity contribution in [2.24, 2.45) is 5.10 Å². The Labute approximate surface area is 135 Å². The number of oxazole rings is 1. The summed E-state index contributed by atoms with van der Waals surface area (Å²) in [4.78, 5) is 6.88. The van der Waals surface area contributed by atoms with E-state index in [9.17, 15) is 0 Å². The van der Waals surface area contributed by atoms with Crippen LogP contribution in [-0.2, 0) is 17.7 Å². The maximum atomic E-state index is 6.01. The summed E-state index contributed by atoms with van der Waals surface area (Å²) < 4.78 is 11.7. The molecule has 0 saturated heterocycles. The van der Waals surface area contributed by atoms with E-state index >= 15 is 0 Å². The Bertz CT molecular complexity index is 711. The third-order valence-electron chi connectivity index (χ3n) is 4.28. The van der Waals surface area contributed by atoms with Crippen LogP contribution in [0.4, 0.5) is 0 Å². The lowest BCUT2D eigenvalue weighted by Gasteiger charge is -2.34. The van der Waals surface area contributed by atoms with Crippen LogP contribution in [0.5, 0.6) is 0 Å². The van der Waals surface area contributed by atoms with Gasteiger partial charge in [-0.2, -0.15) is 5.10 Å². The van der Waals surface area contributed by atoms with Gasteiger partial charge in [-0.05, 0) is 18.6 Å². The minimum absolute atomic E-state index is 0.0503. The fourth-order valence-corrected chi connectivity index (χ4v) is 3.07. The van der Waals surface area contributed by atoms with Crippen molar-refractivity contribution in [1.82, 2.24) is 15.3 Å². The molecule has 23 heavy (non-hydrogen) atoms. The van der Waals surface area contributed by atoms with E-state index in [1.165, 1.54) is 0 Å². The zero-order chi connectivity index (χ0) is 15.6. The van der Waals surface area contributed by atoms with Crippen molar-refractivity contribution in [2.75, 3.05) is 13.3 Å². The van der Waals surface area contributed by atoms with Gasteiger partial charge in [0.15, 0.2) is 5.84 Å². The third kappa shape index (κ3) is 2.70. The van der Waals surface area contributed by atoms with Crippen LogP contribution in [-0.4, -0.2) is 35.1 Å². The van der Waals surface area contributed by atoms with Crippen LogP contribution >= 0.6 is 0 Å². The summed E-state index contributed by atoms with van der Waals surface area (Å²) in [5.74, 6) is 2.59. The molecular weight excluding hydrogens is 292 g/mol. The zero-order valence-corrected chi connectivity index (χ0v) is 13.2. The van der Waals surface area contributed by atoms with E-state index in [4.69, 9.17) is 9.15 Å². The third-order valence-corrected chi connectivity index (χ3v) is 4.28. The molecule has 0 saturated carbocycles. The van der Waals surface area contributed by atoms with Gasteiger partial charge in [0.25, 0.3) is 0 Å². The van der Waals surface area contributed by atoms with E-state index in [0.29, 0.717) is 19.2 Å². The molecule has 0 aliphatic carbocycles. The molecule has 0 spiro atoms. The molecule has 6 nitrogen and oxygen atoms in total. The van der Waals surface area contributed by atoms with Crippen LogP contribution in [0.15, 0.2) is 39.9 Å². The number of aromatic nitrogens is 1. The summed E-state index contributed by atoms with van der Waals surface area (Å²) >= 11 is 0. The minimum Gasteiger partial charge on any atom is -0.439 e. The maximum absolute atomic E-state index is 6.01. The highest BCUT2D eigenvalue weighted by atomic mass is 16.5. The fraction of sp³-hybridized carbons (Fsp3) is 0.412. The predicted octanol–water partition coefficient (Wildman–Crippen LogP) is 2.37. The van der Waals surface area contributed by atoms with E-state index in [-0.39, 0.29) is 6.10 Å². The molecule has 2 aliphatic rings. The number of hydrogen-bond acceptors (Lipinski definition) is 6. The smallest absolute Gasteiger partial charge is 0.226 e. The molecule has 2 aromatic rings. The number of fused-ring (bicyclic) bond motifs is 1. The maximum Gasteiger partial charge on any atom is 0.226 e. The standard InChI is InChI=1S/C17H20N4O2/c1-2-14-16(20-18-11-22-14)21-9-8-13-15(10-21)23-17(19-13)12-6-4-3-5-7-12/h3-7,14,18H,2,8-11H2,1H3. The first-order valence-corrected chi connectivity index (χ1v) is 8.06. The molecule has 0 amide bonds. The van der Waals surface area contributed by atoms with E-state index in [1.807, 2.05) is 30.3 Å². The Balaban J connectivity index is 1.58. The molecule has 3 heterocycles. The summed E-state index contributed by atoms with van der Waals surface area (Å²) in [7, 11) is 0. The number of nitrogens with zero attached hydrogens (tertiary/aromatic N) is 3. The van der Waals surface area contributed by atoms with E-state index < -0.39 is 0 Å². The summed E-state index contributed by atoms with van der Waals surface area (Å²) in [6, 6.07) is 10.0. The van der Waals surface area contributed by atoms with Crippen molar-refractivity contribution in [3.8, 4) is 11.5 Å². The van der Waals surface area contributed by atoms with Crippen LogP contribution in [0.1, 0.15) is 24.8 Å². The van der Waals surface area contributed by atoms with Crippen molar-refractivity contribution in [1.29, 1.82) is 0 Å². The Morgan fingerprint density at radius 1 is 1.30 bits per heavy atom. The Morgan fingerprint density at radius 3 is 3.00 bits per heavy atom. The average molecular weight is 312 g/mol. The van der Waals surface area contributed by atoms with Gasteiger partial charge in [0.2, 0.25) is 5.89 Å². The summed E-state index contributed by atoms with van der Waals surface area (Å²) in [5, 5.41) is 4.45. The van der Waals surface area contributed by atoms with Crippen LogP contribution in [0, 0.1) is 0 Å². The second-order valence-electron chi connectivity index (χ2n) is 5.76. The monoisotopic (exact) mass is 312 g/mol. The van der Waals surface area contributed by atoms with Crippen LogP contribution in [0.2, 0.25) is 0 Å². The second-order valence-corrected chi connectivity index (χ2v) is 5.76. The number of hydrazone groups is 1. The number of benzene rings is 1. The summed E-state index contributed by atoms with van der Waals surface area (Å²) in [6.45, 7) is 4.16. The van der Waals surface area contributed by atoms with E-state index in [0.717, 1.165) is 42.2 Å². The first-order valence-electron chi connectivity index (χ1n) is 8.06. The molecule has 1 atom stereocenters. The molecule has 0 radical (unpaired) electrons. The van der Waals surface area contributed by atoms with Gasteiger partial charge in [0.05, 0.1) is 12.2 Å². The van der Waals surface area contributed by atoms with Crippen molar-refractivity contribution in [3.63, 3.8) is 0 Å². The van der Waals surface area contributed by atoms with Gasteiger partial charge in [-0.25, -0.2) is 4.98 Å². The van der Waals surface area contributed by atoms with Gasteiger partial charge in [0, 0.05) is 18.5 Å². The van der Waals surface area contributed by atoms with Crippen LogP contribution < -0.4 is 5.43 Å². The van der Waals surface area contributed by atoms with Crippen LogP contribution in [0.25, 0.3) is 11.5 Å².